The SMILES string of the molecule is COc1ccc2c(CC(=O)O)cn(C)c2c1. The minimum Gasteiger partial charge on any atom is -0.497 e. The van der Waals surface area contributed by atoms with Crippen LogP contribution in [0.25, 0.3) is 10.9 Å². The van der Waals surface area contributed by atoms with Crippen molar-refractivity contribution in [2.75, 3.05) is 7.11 Å². The molecule has 1 heterocycles. The second-order valence-electron chi connectivity index (χ2n) is 3.72. The van der Waals surface area contributed by atoms with Crippen molar-refractivity contribution < 1.29 is 14.6 Å². The summed E-state index contributed by atoms with van der Waals surface area (Å²) in [6.45, 7) is 0. The molecule has 0 spiro atoms. The van der Waals surface area contributed by atoms with Gasteiger partial charge in [0, 0.05) is 24.7 Å². The molecule has 0 amide bonds. The zero-order valence-electron chi connectivity index (χ0n) is 9.23. The third-order valence-corrected chi connectivity index (χ3v) is 2.62. The molecule has 16 heavy (non-hydrogen) atoms. The van der Waals surface area contributed by atoms with E-state index in [4.69, 9.17) is 9.84 Å². The van der Waals surface area contributed by atoms with Gasteiger partial charge in [0.15, 0.2) is 0 Å². The van der Waals surface area contributed by atoms with E-state index in [2.05, 4.69) is 0 Å². The molecule has 1 aromatic heterocycles. The van der Waals surface area contributed by atoms with E-state index in [-0.39, 0.29) is 6.42 Å². The molecule has 0 unspecified atom stereocenters. The Balaban J connectivity index is 2.57. The number of carboxylic acid groups (broad SMARTS) is 1. The Morgan fingerprint density at radius 1 is 1.50 bits per heavy atom. The Labute approximate surface area is 93.1 Å². The smallest absolute Gasteiger partial charge is 0.307 e. The van der Waals surface area contributed by atoms with Crippen LogP contribution in [0.1, 0.15) is 5.56 Å². The number of fused-ring (bicyclic) bond motifs is 1. The second-order valence-corrected chi connectivity index (χ2v) is 3.72. The number of aryl methyl sites for hydroxylation is 1. The lowest BCUT2D eigenvalue weighted by molar-refractivity contribution is -0.136. The first kappa shape index (κ1) is 10.5. The highest BCUT2D eigenvalue weighted by Gasteiger charge is 2.10. The Morgan fingerprint density at radius 3 is 2.88 bits per heavy atom. The van der Waals surface area contributed by atoms with Gasteiger partial charge in [-0.1, -0.05) is 0 Å². The molecule has 1 N–H and O–H groups in total. The van der Waals surface area contributed by atoms with E-state index < -0.39 is 5.97 Å². The second kappa shape index (κ2) is 3.89. The van der Waals surface area contributed by atoms with Gasteiger partial charge in [0.1, 0.15) is 5.75 Å². The average molecular weight is 219 g/mol. The first-order chi connectivity index (χ1) is 7.61. The number of carboxylic acids is 1. The largest absolute Gasteiger partial charge is 0.497 e. The van der Waals surface area contributed by atoms with Crippen LogP contribution in [0.4, 0.5) is 0 Å². The summed E-state index contributed by atoms with van der Waals surface area (Å²) in [6.07, 6.45) is 1.89. The van der Waals surface area contributed by atoms with Gasteiger partial charge in [-0.25, -0.2) is 0 Å². The molecule has 2 rings (SSSR count). The van der Waals surface area contributed by atoms with Crippen LogP contribution < -0.4 is 4.74 Å². The van der Waals surface area contributed by atoms with Crippen LogP contribution in [0.15, 0.2) is 24.4 Å². The van der Waals surface area contributed by atoms with E-state index in [1.165, 1.54) is 0 Å². The Hall–Kier alpha value is -1.97. The fourth-order valence-electron chi connectivity index (χ4n) is 1.88. The summed E-state index contributed by atoms with van der Waals surface area (Å²) >= 11 is 0. The van der Waals surface area contributed by atoms with Crippen molar-refractivity contribution in [2.45, 2.75) is 6.42 Å². The summed E-state index contributed by atoms with van der Waals surface area (Å²) < 4.78 is 7.05. The highest BCUT2D eigenvalue weighted by atomic mass is 16.5. The molecule has 0 saturated heterocycles. The van der Waals surface area contributed by atoms with E-state index in [1.807, 2.05) is 36.0 Å². The number of ether oxygens (including phenoxy) is 1. The third-order valence-electron chi connectivity index (χ3n) is 2.62. The normalized spacial score (nSPS) is 10.6. The van der Waals surface area contributed by atoms with Crippen molar-refractivity contribution in [3.63, 3.8) is 0 Å². The fraction of sp³-hybridized carbons (Fsp3) is 0.250. The molecule has 0 aliphatic rings. The fourth-order valence-corrected chi connectivity index (χ4v) is 1.88. The first-order valence-corrected chi connectivity index (χ1v) is 4.95. The van der Waals surface area contributed by atoms with E-state index in [0.29, 0.717) is 0 Å². The zero-order chi connectivity index (χ0) is 11.7. The Kier molecular flexibility index (Phi) is 2.56. The van der Waals surface area contributed by atoms with E-state index >= 15 is 0 Å². The van der Waals surface area contributed by atoms with Crippen LogP contribution in [-0.2, 0) is 18.3 Å². The van der Waals surface area contributed by atoms with Crippen LogP contribution in [0, 0.1) is 0 Å². The minimum absolute atomic E-state index is 0.0453. The maximum Gasteiger partial charge on any atom is 0.307 e. The maximum atomic E-state index is 10.7. The minimum atomic E-state index is -0.816. The molecule has 1 aromatic carbocycles. The number of aliphatic carboxylic acids is 1. The van der Waals surface area contributed by atoms with Crippen LogP contribution in [0.3, 0.4) is 0 Å². The molecule has 2 aromatic rings. The summed E-state index contributed by atoms with van der Waals surface area (Å²) in [7, 11) is 3.51. The van der Waals surface area contributed by atoms with Gasteiger partial charge in [-0.3, -0.25) is 4.79 Å². The predicted octanol–water partition coefficient (Wildman–Crippen LogP) is 1.81. The molecule has 0 aliphatic carbocycles. The number of benzene rings is 1. The summed E-state index contributed by atoms with van der Waals surface area (Å²) in [4.78, 5) is 10.7. The lowest BCUT2D eigenvalue weighted by Gasteiger charge is -2.01. The van der Waals surface area contributed by atoms with Crippen LogP contribution >= 0.6 is 0 Å². The lowest BCUT2D eigenvalue weighted by Crippen LogP contribution is -1.98. The number of aromatic nitrogens is 1. The Morgan fingerprint density at radius 2 is 2.25 bits per heavy atom. The van der Waals surface area contributed by atoms with Crippen molar-refractivity contribution in [3.05, 3.63) is 30.0 Å². The zero-order valence-corrected chi connectivity index (χ0v) is 9.23. The van der Waals surface area contributed by atoms with Crippen molar-refractivity contribution >= 4 is 16.9 Å². The summed E-state index contributed by atoms with van der Waals surface area (Å²) in [5.41, 5.74) is 1.81. The van der Waals surface area contributed by atoms with Gasteiger partial charge in [-0.15, -0.1) is 0 Å². The molecular formula is C12H13NO3. The quantitative estimate of drug-likeness (QED) is 0.856. The summed E-state index contributed by atoms with van der Waals surface area (Å²) in [5, 5.41) is 9.77. The lowest BCUT2D eigenvalue weighted by atomic mass is 10.1. The molecule has 4 heteroatoms. The molecule has 0 atom stereocenters. The van der Waals surface area contributed by atoms with Crippen molar-refractivity contribution in [3.8, 4) is 5.75 Å². The van der Waals surface area contributed by atoms with Gasteiger partial charge in [0.05, 0.1) is 19.0 Å². The van der Waals surface area contributed by atoms with Gasteiger partial charge < -0.3 is 14.4 Å². The van der Waals surface area contributed by atoms with Gasteiger partial charge in [-0.05, 0) is 17.7 Å². The molecule has 0 radical (unpaired) electrons. The topological polar surface area (TPSA) is 51.5 Å². The monoisotopic (exact) mass is 219 g/mol. The third kappa shape index (κ3) is 1.74. The Bertz CT molecular complexity index is 542. The van der Waals surface area contributed by atoms with E-state index in [0.717, 1.165) is 22.2 Å². The first-order valence-electron chi connectivity index (χ1n) is 4.95. The number of hydrogen-bond acceptors (Lipinski definition) is 2. The van der Waals surface area contributed by atoms with Crippen LogP contribution in [0.2, 0.25) is 0 Å². The van der Waals surface area contributed by atoms with E-state index in [9.17, 15) is 4.79 Å². The molecule has 4 nitrogen and oxygen atoms in total. The van der Waals surface area contributed by atoms with Crippen molar-refractivity contribution in [1.82, 2.24) is 4.57 Å². The van der Waals surface area contributed by atoms with Crippen molar-refractivity contribution in [1.29, 1.82) is 0 Å². The van der Waals surface area contributed by atoms with Gasteiger partial charge in [0.2, 0.25) is 0 Å². The predicted molar refractivity (Wildman–Crippen MR) is 60.8 cm³/mol. The number of methoxy groups -OCH3 is 1. The molecule has 0 aliphatic heterocycles. The average Bonchev–Trinajstić information content (AvgIpc) is 2.54. The van der Waals surface area contributed by atoms with E-state index in [1.54, 1.807) is 7.11 Å². The number of rotatable bonds is 3. The van der Waals surface area contributed by atoms with Gasteiger partial charge >= 0.3 is 5.97 Å². The summed E-state index contributed by atoms with van der Waals surface area (Å²) in [5.74, 6) is -0.0427. The molecule has 84 valence electrons. The standard InChI is InChI=1S/C12H13NO3/c1-13-7-8(5-12(14)15)10-4-3-9(16-2)6-11(10)13/h3-4,6-7H,5H2,1-2H3,(H,14,15). The highest BCUT2D eigenvalue weighted by Crippen LogP contribution is 2.25. The van der Waals surface area contributed by atoms with Gasteiger partial charge in [-0.2, -0.15) is 0 Å². The molecule has 0 saturated carbocycles. The number of hydrogen-bond donors (Lipinski definition) is 1. The van der Waals surface area contributed by atoms with Crippen LogP contribution in [0.5, 0.6) is 5.75 Å². The molecule has 0 bridgehead atoms. The van der Waals surface area contributed by atoms with Gasteiger partial charge in [0.25, 0.3) is 0 Å². The number of nitrogens with zero attached hydrogens (tertiary/aromatic N) is 1. The van der Waals surface area contributed by atoms with Crippen LogP contribution in [-0.4, -0.2) is 22.8 Å². The highest BCUT2D eigenvalue weighted by molar-refractivity contribution is 5.88. The van der Waals surface area contributed by atoms with Crippen molar-refractivity contribution in [2.24, 2.45) is 7.05 Å². The molecular weight excluding hydrogens is 206 g/mol. The number of carbonyl (C=O) groups is 1. The molecule has 0 fully saturated rings. The maximum absolute atomic E-state index is 10.7. The summed E-state index contributed by atoms with van der Waals surface area (Å²) in [6, 6.07) is 5.64.